The van der Waals surface area contributed by atoms with Crippen LogP contribution in [0, 0.1) is 5.92 Å². The first kappa shape index (κ1) is 15.6. The number of hydrogen-bond donors (Lipinski definition) is 1. The van der Waals surface area contributed by atoms with Crippen molar-refractivity contribution in [3.8, 4) is 11.5 Å². The Bertz CT molecular complexity index is 626. The number of Topliss-reactive ketones (excluding diaryl/α,β-unsaturated/α-hetero) is 1. The molecule has 2 aromatic rings. The standard InChI is InChI=1S/C20H23NO2/c1-15(16-7-11-18(22)12-8-16)21-17-9-13-20(14-10-17)23-19-5-3-2-4-6-19/h2-6,9-10,13-16,21H,7-8,11-12H2,1H3. The van der Waals surface area contributed by atoms with Crippen LogP contribution in [0.3, 0.4) is 0 Å². The van der Waals surface area contributed by atoms with Crippen LogP contribution in [-0.2, 0) is 4.79 Å². The van der Waals surface area contributed by atoms with E-state index >= 15 is 0 Å². The summed E-state index contributed by atoms with van der Waals surface area (Å²) >= 11 is 0. The van der Waals surface area contributed by atoms with Gasteiger partial charge in [0.15, 0.2) is 0 Å². The van der Waals surface area contributed by atoms with E-state index in [1.807, 2.05) is 54.6 Å². The molecule has 1 atom stereocenters. The highest BCUT2D eigenvalue weighted by Crippen LogP contribution is 2.28. The summed E-state index contributed by atoms with van der Waals surface area (Å²) in [7, 11) is 0. The summed E-state index contributed by atoms with van der Waals surface area (Å²) in [6, 6.07) is 18.2. The molecule has 0 amide bonds. The van der Waals surface area contributed by atoms with Gasteiger partial charge in [0.2, 0.25) is 0 Å². The van der Waals surface area contributed by atoms with E-state index in [1.165, 1.54) is 0 Å². The lowest BCUT2D eigenvalue weighted by atomic mass is 9.84. The van der Waals surface area contributed by atoms with Crippen LogP contribution in [0.15, 0.2) is 54.6 Å². The molecule has 0 aliphatic heterocycles. The Morgan fingerprint density at radius 1 is 0.957 bits per heavy atom. The summed E-state index contributed by atoms with van der Waals surface area (Å²) in [5.41, 5.74) is 1.09. The lowest BCUT2D eigenvalue weighted by Crippen LogP contribution is -2.29. The molecule has 1 saturated carbocycles. The summed E-state index contributed by atoms with van der Waals surface area (Å²) in [6.45, 7) is 2.20. The van der Waals surface area contributed by atoms with Crippen molar-refractivity contribution < 1.29 is 9.53 Å². The van der Waals surface area contributed by atoms with Crippen LogP contribution in [0.5, 0.6) is 11.5 Å². The molecule has 0 radical (unpaired) electrons. The van der Waals surface area contributed by atoms with E-state index in [2.05, 4.69) is 12.2 Å². The van der Waals surface area contributed by atoms with Gasteiger partial charge in [0.1, 0.15) is 17.3 Å². The highest BCUT2D eigenvalue weighted by Gasteiger charge is 2.23. The molecule has 120 valence electrons. The number of ketones is 1. The van der Waals surface area contributed by atoms with Crippen molar-refractivity contribution in [2.75, 3.05) is 5.32 Å². The van der Waals surface area contributed by atoms with Gasteiger partial charge >= 0.3 is 0 Å². The largest absolute Gasteiger partial charge is 0.457 e. The smallest absolute Gasteiger partial charge is 0.132 e. The van der Waals surface area contributed by atoms with E-state index in [-0.39, 0.29) is 0 Å². The Morgan fingerprint density at radius 3 is 2.22 bits per heavy atom. The normalized spacial score (nSPS) is 16.8. The van der Waals surface area contributed by atoms with Crippen LogP contribution >= 0.6 is 0 Å². The fourth-order valence-corrected chi connectivity index (χ4v) is 3.09. The fraction of sp³-hybridized carbons (Fsp3) is 0.350. The van der Waals surface area contributed by atoms with Crippen LogP contribution in [0.25, 0.3) is 0 Å². The maximum absolute atomic E-state index is 11.3. The zero-order valence-corrected chi connectivity index (χ0v) is 13.5. The summed E-state index contributed by atoms with van der Waals surface area (Å²) in [5.74, 6) is 2.66. The van der Waals surface area contributed by atoms with Crippen LogP contribution in [0.2, 0.25) is 0 Å². The molecule has 1 fully saturated rings. The second kappa shape index (κ2) is 7.32. The van der Waals surface area contributed by atoms with E-state index in [1.54, 1.807) is 0 Å². The second-order valence-corrected chi connectivity index (χ2v) is 6.25. The van der Waals surface area contributed by atoms with Gasteiger partial charge in [-0.05, 0) is 62.1 Å². The average molecular weight is 309 g/mol. The Labute approximate surface area is 137 Å². The highest BCUT2D eigenvalue weighted by molar-refractivity contribution is 5.79. The van der Waals surface area contributed by atoms with Gasteiger partial charge in [0.05, 0.1) is 0 Å². The molecule has 0 aromatic heterocycles. The fourth-order valence-electron chi connectivity index (χ4n) is 3.09. The third-order valence-corrected chi connectivity index (χ3v) is 4.52. The molecular weight excluding hydrogens is 286 g/mol. The molecule has 1 unspecified atom stereocenters. The van der Waals surface area contributed by atoms with Crippen molar-refractivity contribution in [3.63, 3.8) is 0 Å². The minimum atomic E-state index is 0.379. The maximum atomic E-state index is 11.3. The molecule has 0 bridgehead atoms. The summed E-state index contributed by atoms with van der Waals surface area (Å²) < 4.78 is 5.80. The number of para-hydroxylation sites is 1. The maximum Gasteiger partial charge on any atom is 0.132 e. The minimum absolute atomic E-state index is 0.379. The topological polar surface area (TPSA) is 38.3 Å². The number of carbonyl (C=O) groups excluding carboxylic acids is 1. The first-order valence-electron chi connectivity index (χ1n) is 8.32. The summed E-state index contributed by atoms with van der Waals surface area (Å²) in [5, 5.41) is 3.55. The van der Waals surface area contributed by atoms with Gasteiger partial charge in [-0.25, -0.2) is 0 Å². The van der Waals surface area contributed by atoms with E-state index < -0.39 is 0 Å². The van der Waals surface area contributed by atoms with Crippen molar-refractivity contribution in [3.05, 3.63) is 54.6 Å². The van der Waals surface area contributed by atoms with E-state index in [9.17, 15) is 4.79 Å². The Morgan fingerprint density at radius 2 is 1.57 bits per heavy atom. The molecule has 3 nitrogen and oxygen atoms in total. The summed E-state index contributed by atoms with van der Waals surface area (Å²) in [6.07, 6.45) is 3.48. The molecule has 2 aromatic carbocycles. The van der Waals surface area contributed by atoms with Crippen molar-refractivity contribution in [1.29, 1.82) is 0 Å². The molecule has 0 spiro atoms. The molecule has 0 saturated heterocycles. The van der Waals surface area contributed by atoms with Gasteiger partial charge in [0, 0.05) is 24.6 Å². The lowest BCUT2D eigenvalue weighted by Gasteiger charge is -2.28. The van der Waals surface area contributed by atoms with Gasteiger partial charge in [-0.15, -0.1) is 0 Å². The number of rotatable bonds is 5. The van der Waals surface area contributed by atoms with Gasteiger partial charge in [-0.1, -0.05) is 18.2 Å². The Balaban J connectivity index is 1.56. The van der Waals surface area contributed by atoms with E-state index in [4.69, 9.17) is 4.74 Å². The minimum Gasteiger partial charge on any atom is -0.457 e. The number of carbonyl (C=O) groups is 1. The van der Waals surface area contributed by atoms with Gasteiger partial charge < -0.3 is 10.1 Å². The monoisotopic (exact) mass is 309 g/mol. The number of hydrogen-bond acceptors (Lipinski definition) is 3. The molecule has 1 aliphatic carbocycles. The quantitative estimate of drug-likeness (QED) is 0.841. The number of anilines is 1. The molecule has 1 aliphatic rings. The number of benzene rings is 2. The second-order valence-electron chi connectivity index (χ2n) is 6.25. The van der Waals surface area contributed by atoms with Crippen molar-refractivity contribution in [2.24, 2.45) is 5.92 Å². The molecular formula is C20H23NO2. The van der Waals surface area contributed by atoms with Gasteiger partial charge in [-0.3, -0.25) is 4.79 Å². The molecule has 0 heterocycles. The first-order valence-corrected chi connectivity index (χ1v) is 8.32. The molecule has 1 N–H and O–H groups in total. The Kier molecular flexibility index (Phi) is 4.96. The van der Waals surface area contributed by atoms with E-state index in [0.29, 0.717) is 17.7 Å². The van der Waals surface area contributed by atoms with Crippen molar-refractivity contribution in [2.45, 2.75) is 38.6 Å². The van der Waals surface area contributed by atoms with Crippen molar-refractivity contribution in [1.82, 2.24) is 0 Å². The van der Waals surface area contributed by atoms with Crippen LogP contribution in [-0.4, -0.2) is 11.8 Å². The van der Waals surface area contributed by atoms with Crippen LogP contribution in [0.4, 0.5) is 5.69 Å². The number of ether oxygens (including phenoxy) is 1. The average Bonchev–Trinajstić information content (AvgIpc) is 2.58. The highest BCUT2D eigenvalue weighted by atomic mass is 16.5. The predicted molar refractivity (Wildman–Crippen MR) is 93.0 cm³/mol. The molecule has 3 heteroatoms. The predicted octanol–water partition coefficient (Wildman–Crippen LogP) is 5.04. The SMILES string of the molecule is CC(Nc1ccc(Oc2ccccc2)cc1)C1CCC(=O)CC1. The van der Waals surface area contributed by atoms with Crippen molar-refractivity contribution >= 4 is 11.5 Å². The zero-order chi connectivity index (χ0) is 16.1. The number of nitrogens with one attached hydrogen (secondary N) is 1. The first-order chi connectivity index (χ1) is 11.2. The van der Waals surface area contributed by atoms with Gasteiger partial charge in [0.25, 0.3) is 0 Å². The Hall–Kier alpha value is -2.29. The molecule has 3 rings (SSSR count). The molecule has 23 heavy (non-hydrogen) atoms. The van der Waals surface area contributed by atoms with Crippen LogP contribution < -0.4 is 10.1 Å². The van der Waals surface area contributed by atoms with E-state index in [0.717, 1.165) is 42.9 Å². The third-order valence-electron chi connectivity index (χ3n) is 4.52. The zero-order valence-electron chi connectivity index (χ0n) is 13.5. The summed E-state index contributed by atoms with van der Waals surface area (Å²) in [4.78, 5) is 11.3. The lowest BCUT2D eigenvalue weighted by molar-refractivity contribution is -0.121. The van der Waals surface area contributed by atoms with Gasteiger partial charge in [-0.2, -0.15) is 0 Å². The third kappa shape index (κ3) is 4.35. The van der Waals surface area contributed by atoms with Crippen LogP contribution in [0.1, 0.15) is 32.6 Å².